The Balaban J connectivity index is 2.39. The van der Waals surface area contributed by atoms with E-state index in [2.05, 4.69) is 5.10 Å². The summed E-state index contributed by atoms with van der Waals surface area (Å²) in [4.78, 5) is 12.7. The SMILES string of the molecule is COc1cnn(C(C)C)c1C(=O)C1(O)CCCCC1. The lowest BCUT2D eigenvalue weighted by molar-refractivity contribution is 0.0103. The number of hydrogen-bond donors (Lipinski definition) is 1. The van der Waals surface area contributed by atoms with Crippen molar-refractivity contribution >= 4 is 5.78 Å². The summed E-state index contributed by atoms with van der Waals surface area (Å²) in [6.07, 6.45) is 5.45. The molecule has 1 aromatic rings. The third-order valence-corrected chi connectivity index (χ3v) is 3.79. The van der Waals surface area contributed by atoms with Crippen molar-refractivity contribution in [3.63, 3.8) is 0 Å². The first-order chi connectivity index (χ1) is 8.99. The van der Waals surface area contributed by atoms with Gasteiger partial charge in [0.2, 0.25) is 5.78 Å². The van der Waals surface area contributed by atoms with Gasteiger partial charge in [0.1, 0.15) is 11.3 Å². The minimum atomic E-state index is -1.25. The van der Waals surface area contributed by atoms with Gasteiger partial charge in [-0.2, -0.15) is 5.10 Å². The molecule has 1 saturated carbocycles. The molecule has 0 atom stereocenters. The molecule has 1 N–H and O–H groups in total. The van der Waals surface area contributed by atoms with Crippen LogP contribution in [0.4, 0.5) is 0 Å². The van der Waals surface area contributed by atoms with Gasteiger partial charge in [-0.3, -0.25) is 9.48 Å². The molecule has 1 fully saturated rings. The Kier molecular flexibility index (Phi) is 3.94. The molecule has 19 heavy (non-hydrogen) atoms. The lowest BCUT2D eigenvalue weighted by atomic mass is 9.80. The maximum atomic E-state index is 12.7. The molecular weight excluding hydrogens is 244 g/mol. The minimum absolute atomic E-state index is 0.0510. The average Bonchev–Trinajstić information content (AvgIpc) is 2.82. The number of nitrogens with zero attached hydrogens (tertiary/aromatic N) is 2. The second-order valence-electron chi connectivity index (χ2n) is 5.52. The molecule has 5 heteroatoms. The number of ketones is 1. The van der Waals surface area contributed by atoms with Gasteiger partial charge in [0.25, 0.3) is 0 Å². The van der Waals surface area contributed by atoms with Crippen LogP contribution in [-0.4, -0.2) is 33.4 Å². The lowest BCUT2D eigenvalue weighted by Crippen LogP contribution is -2.41. The highest BCUT2D eigenvalue weighted by Gasteiger charge is 2.41. The highest BCUT2D eigenvalue weighted by Crippen LogP contribution is 2.34. The van der Waals surface area contributed by atoms with Crippen LogP contribution in [0.5, 0.6) is 5.75 Å². The summed E-state index contributed by atoms with van der Waals surface area (Å²) < 4.78 is 6.85. The standard InChI is InChI=1S/C14H22N2O3/c1-10(2)16-12(11(19-3)9-15-16)13(17)14(18)7-5-4-6-8-14/h9-10,18H,4-8H2,1-3H3. The number of aromatic nitrogens is 2. The number of ether oxygens (including phenoxy) is 1. The van der Waals surface area contributed by atoms with Gasteiger partial charge >= 0.3 is 0 Å². The first kappa shape index (κ1) is 14.1. The van der Waals surface area contributed by atoms with E-state index in [4.69, 9.17) is 4.74 Å². The number of methoxy groups -OCH3 is 1. The molecule has 0 saturated heterocycles. The third-order valence-electron chi connectivity index (χ3n) is 3.79. The van der Waals surface area contributed by atoms with Crippen molar-refractivity contribution in [1.29, 1.82) is 0 Å². The summed E-state index contributed by atoms with van der Waals surface area (Å²) in [5.41, 5.74) is -0.861. The molecule has 1 aromatic heterocycles. The van der Waals surface area contributed by atoms with Crippen LogP contribution < -0.4 is 4.74 Å². The summed E-state index contributed by atoms with van der Waals surface area (Å²) in [6, 6.07) is 0.0510. The normalized spacial score (nSPS) is 18.6. The number of carbonyl (C=O) groups excluding carboxylic acids is 1. The zero-order valence-corrected chi connectivity index (χ0v) is 11.8. The number of aliphatic hydroxyl groups is 1. The Bertz CT molecular complexity index is 459. The van der Waals surface area contributed by atoms with Gasteiger partial charge in [0.05, 0.1) is 13.3 Å². The highest BCUT2D eigenvalue weighted by atomic mass is 16.5. The Labute approximate surface area is 113 Å². The molecule has 0 radical (unpaired) electrons. The Morgan fingerprint density at radius 1 is 1.42 bits per heavy atom. The summed E-state index contributed by atoms with van der Waals surface area (Å²) >= 11 is 0. The molecular formula is C14H22N2O3. The third kappa shape index (κ3) is 2.52. The van der Waals surface area contributed by atoms with Gasteiger partial charge in [-0.05, 0) is 26.7 Å². The summed E-state index contributed by atoms with van der Waals surface area (Å²) in [5.74, 6) is 0.188. The van der Waals surface area contributed by atoms with Crippen molar-refractivity contribution in [1.82, 2.24) is 9.78 Å². The predicted molar refractivity (Wildman–Crippen MR) is 71.5 cm³/mol. The quantitative estimate of drug-likeness (QED) is 0.850. The molecule has 0 bridgehead atoms. The van der Waals surface area contributed by atoms with Crippen LogP contribution in [0.25, 0.3) is 0 Å². The fourth-order valence-electron chi connectivity index (χ4n) is 2.69. The topological polar surface area (TPSA) is 64.4 Å². The van der Waals surface area contributed by atoms with Crippen molar-refractivity contribution in [2.45, 2.75) is 57.6 Å². The van der Waals surface area contributed by atoms with Crippen LogP contribution in [-0.2, 0) is 0 Å². The first-order valence-electron chi connectivity index (χ1n) is 6.88. The van der Waals surface area contributed by atoms with Gasteiger partial charge < -0.3 is 9.84 Å². The predicted octanol–water partition coefficient (Wildman–Crippen LogP) is 2.35. The summed E-state index contributed by atoms with van der Waals surface area (Å²) in [5, 5.41) is 14.8. The van der Waals surface area contributed by atoms with E-state index in [0.717, 1.165) is 19.3 Å². The molecule has 1 heterocycles. The van der Waals surface area contributed by atoms with E-state index in [1.54, 1.807) is 10.9 Å². The number of rotatable bonds is 4. The molecule has 1 aliphatic carbocycles. The van der Waals surface area contributed by atoms with Crippen LogP contribution in [0.15, 0.2) is 6.20 Å². The fraction of sp³-hybridized carbons (Fsp3) is 0.714. The van der Waals surface area contributed by atoms with E-state index in [0.29, 0.717) is 24.3 Å². The Morgan fingerprint density at radius 3 is 2.58 bits per heavy atom. The van der Waals surface area contributed by atoms with Crippen LogP contribution in [0.3, 0.4) is 0 Å². The molecule has 1 aliphatic rings. The second-order valence-corrected chi connectivity index (χ2v) is 5.52. The molecule has 0 aliphatic heterocycles. The van der Waals surface area contributed by atoms with E-state index in [1.165, 1.54) is 7.11 Å². The molecule has 0 aromatic carbocycles. The molecule has 106 valence electrons. The average molecular weight is 266 g/mol. The van der Waals surface area contributed by atoms with Gasteiger partial charge in [0, 0.05) is 6.04 Å². The van der Waals surface area contributed by atoms with Crippen molar-refractivity contribution in [2.24, 2.45) is 0 Å². The summed E-state index contributed by atoms with van der Waals surface area (Å²) in [6.45, 7) is 3.91. The zero-order chi connectivity index (χ0) is 14.0. The van der Waals surface area contributed by atoms with E-state index in [9.17, 15) is 9.90 Å². The van der Waals surface area contributed by atoms with Gasteiger partial charge in [-0.25, -0.2) is 0 Å². The molecule has 0 unspecified atom stereocenters. The highest BCUT2D eigenvalue weighted by molar-refractivity contribution is 6.03. The maximum Gasteiger partial charge on any atom is 0.216 e. The first-order valence-corrected chi connectivity index (χ1v) is 6.88. The summed E-state index contributed by atoms with van der Waals surface area (Å²) in [7, 11) is 1.52. The van der Waals surface area contributed by atoms with Crippen LogP contribution in [0, 0.1) is 0 Å². The van der Waals surface area contributed by atoms with E-state index in [-0.39, 0.29) is 11.8 Å². The molecule has 0 amide bonds. The second kappa shape index (κ2) is 5.33. The van der Waals surface area contributed by atoms with Crippen LogP contribution >= 0.6 is 0 Å². The smallest absolute Gasteiger partial charge is 0.216 e. The Morgan fingerprint density at radius 2 is 2.05 bits per heavy atom. The fourth-order valence-corrected chi connectivity index (χ4v) is 2.69. The van der Waals surface area contributed by atoms with E-state index < -0.39 is 5.60 Å². The largest absolute Gasteiger partial charge is 0.493 e. The monoisotopic (exact) mass is 266 g/mol. The van der Waals surface area contributed by atoms with Crippen LogP contribution in [0.2, 0.25) is 0 Å². The van der Waals surface area contributed by atoms with E-state index >= 15 is 0 Å². The van der Waals surface area contributed by atoms with Gasteiger partial charge in [-0.1, -0.05) is 19.3 Å². The maximum absolute atomic E-state index is 12.7. The molecule has 0 spiro atoms. The van der Waals surface area contributed by atoms with Crippen molar-refractivity contribution in [3.8, 4) is 5.75 Å². The van der Waals surface area contributed by atoms with Gasteiger partial charge in [-0.15, -0.1) is 0 Å². The molecule has 5 nitrogen and oxygen atoms in total. The number of hydrogen-bond acceptors (Lipinski definition) is 4. The Hall–Kier alpha value is -1.36. The van der Waals surface area contributed by atoms with Crippen molar-refractivity contribution < 1.29 is 14.6 Å². The molecule has 2 rings (SSSR count). The van der Waals surface area contributed by atoms with Crippen LogP contribution in [0.1, 0.15) is 62.5 Å². The van der Waals surface area contributed by atoms with Crippen molar-refractivity contribution in [2.75, 3.05) is 7.11 Å². The lowest BCUT2D eigenvalue weighted by Gasteiger charge is -2.31. The minimum Gasteiger partial charge on any atom is -0.493 e. The number of carbonyl (C=O) groups is 1. The van der Waals surface area contributed by atoms with E-state index in [1.807, 2.05) is 13.8 Å². The zero-order valence-electron chi connectivity index (χ0n) is 11.8. The van der Waals surface area contributed by atoms with Crippen molar-refractivity contribution in [3.05, 3.63) is 11.9 Å². The van der Waals surface area contributed by atoms with Gasteiger partial charge in [0.15, 0.2) is 5.75 Å². The number of Topliss-reactive ketones (excluding diaryl/α,β-unsaturated/α-hetero) is 1.